The number of fused-ring (bicyclic) bond motifs is 1. The van der Waals surface area contributed by atoms with Crippen LogP contribution >= 0.6 is 0 Å². The number of hydrogen-bond donors (Lipinski definition) is 1. The lowest BCUT2D eigenvalue weighted by atomic mass is 10.0. The largest absolute Gasteiger partial charge is 0.465 e. The molecule has 0 unspecified atom stereocenters. The number of aliphatic hydroxyl groups is 1. The molecule has 29 heavy (non-hydrogen) atoms. The molecule has 0 aliphatic carbocycles. The summed E-state index contributed by atoms with van der Waals surface area (Å²) in [6.07, 6.45) is 1.52. The highest BCUT2D eigenvalue weighted by Gasteiger charge is 2.21. The molecular weight excluding hydrogens is 364 g/mol. The van der Waals surface area contributed by atoms with Crippen molar-refractivity contribution in [1.29, 1.82) is 0 Å². The zero-order valence-corrected chi connectivity index (χ0v) is 17.1. The molecule has 5 nitrogen and oxygen atoms in total. The fraction of sp³-hybridized carbons (Fsp3) is 0.375. The second-order valence-electron chi connectivity index (χ2n) is 7.84. The Hall–Kier alpha value is -2.63. The summed E-state index contributed by atoms with van der Waals surface area (Å²) in [6, 6.07) is 16.2. The first-order valence-corrected chi connectivity index (χ1v) is 10.2. The van der Waals surface area contributed by atoms with E-state index in [1.165, 1.54) is 34.8 Å². The molecule has 0 radical (unpaired) electrons. The third-order valence-corrected chi connectivity index (χ3v) is 6.00. The number of hydrogen-bond acceptors (Lipinski definition) is 4. The van der Waals surface area contributed by atoms with Crippen LogP contribution in [0.4, 0.5) is 0 Å². The Bertz CT molecular complexity index is 1010. The van der Waals surface area contributed by atoms with Crippen LogP contribution < -0.4 is 0 Å². The van der Waals surface area contributed by atoms with Crippen LogP contribution in [0.5, 0.6) is 0 Å². The van der Waals surface area contributed by atoms with Gasteiger partial charge in [-0.1, -0.05) is 30.3 Å². The van der Waals surface area contributed by atoms with Crippen molar-refractivity contribution in [3.8, 4) is 0 Å². The summed E-state index contributed by atoms with van der Waals surface area (Å²) in [5, 5.41) is 11.1. The molecule has 2 heterocycles. The average molecular weight is 392 g/mol. The molecule has 1 aliphatic heterocycles. The van der Waals surface area contributed by atoms with E-state index in [2.05, 4.69) is 40.7 Å². The summed E-state index contributed by atoms with van der Waals surface area (Å²) in [5.41, 5.74) is 5.61. The lowest BCUT2D eigenvalue weighted by Crippen LogP contribution is -2.26. The van der Waals surface area contributed by atoms with Crippen LogP contribution in [0.25, 0.3) is 10.9 Å². The molecule has 152 valence electrons. The summed E-state index contributed by atoms with van der Waals surface area (Å²) in [5.74, 6) is -0.309. The van der Waals surface area contributed by atoms with E-state index in [1.54, 1.807) is 0 Å². The van der Waals surface area contributed by atoms with Gasteiger partial charge in [0, 0.05) is 42.8 Å². The van der Waals surface area contributed by atoms with E-state index >= 15 is 0 Å². The van der Waals surface area contributed by atoms with Gasteiger partial charge in [0.2, 0.25) is 0 Å². The minimum absolute atomic E-state index is 0.180. The molecule has 0 saturated carbocycles. The number of likely N-dealkylation sites (tertiary alicyclic amines) is 1. The van der Waals surface area contributed by atoms with Crippen molar-refractivity contribution >= 4 is 16.9 Å². The first-order valence-electron chi connectivity index (χ1n) is 10.2. The molecule has 0 spiro atoms. The maximum Gasteiger partial charge on any atom is 0.337 e. The Kier molecular flexibility index (Phi) is 5.69. The molecule has 5 heteroatoms. The zero-order chi connectivity index (χ0) is 20.4. The standard InChI is InChI=1S/C24H28N2O3/c1-17-22(15-18-7-9-19(10-8-18)24(28)29-2)21-5-3-4-6-23(21)26(17)14-13-25-12-11-20(27)16-25/h3-10,20,27H,11-16H2,1-2H3/t20-/m0/s1. The second-order valence-corrected chi connectivity index (χ2v) is 7.84. The van der Waals surface area contributed by atoms with Crippen LogP contribution in [0.3, 0.4) is 0 Å². The van der Waals surface area contributed by atoms with Gasteiger partial charge in [0.25, 0.3) is 0 Å². The lowest BCUT2D eigenvalue weighted by Gasteiger charge is -2.17. The number of methoxy groups -OCH3 is 1. The summed E-state index contributed by atoms with van der Waals surface area (Å²) in [4.78, 5) is 14.0. The number of benzene rings is 2. The van der Waals surface area contributed by atoms with E-state index in [0.717, 1.165) is 39.0 Å². The number of esters is 1. The minimum Gasteiger partial charge on any atom is -0.465 e. The van der Waals surface area contributed by atoms with E-state index in [-0.39, 0.29) is 12.1 Å². The zero-order valence-electron chi connectivity index (χ0n) is 17.1. The van der Waals surface area contributed by atoms with Crippen LogP contribution in [0.15, 0.2) is 48.5 Å². The van der Waals surface area contributed by atoms with Crippen LogP contribution in [0.2, 0.25) is 0 Å². The van der Waals surface area contributed by atoms with Gasteiger partial charge in [-0.2, -0.15) is 0 Å². The predicted octanol–water partition coefficient (Wildman–Crippen LogP) is 3.39. The van der Waals surface area contributed by atoms with Gasteiger partial charge in [0.05, 0.1) is 18.8 Å². The number of β-amino-alcohol motifs (C(OH)–C–C–N with tert-alkyl or cyclic N) is 1. The molecule has 1 saturated heterocycles. The van der Waals surface area contributed by atoms with Crippen LogP contribution in [-0.2, 0) is 17.7 Å². The maximum atomic E-state index is 11.7. The molecule has 0 bridgehead atoms. The van der Waals surface area contributed by atoms with Crippen LogP contribution in [0.1, 0.15) is 33.6 Å². The fourth-order valence-electron chi connectivity index (χ4n) is 4.35. The molecule has 1 N–H and O–H groups in total. The van der Waals surface area contributed by atoms with Gasteiger partial charge in [0.15, 0.2) is 0 Å². The van der Waals surface area contributed by atoms with Gasteiger partial charge in [-0.25, -0.2) is 4.79 Å². The SMILES string of the molecule is COC(=O)c1ccc(Cc2c(C)n(CCN3CC[C@H](O)C3)c3ccccc23)cc1. The molecule has 1 atom stereocenters. The van der Waals surface area contributed by atoms with Gasteiger partial charge in [-0.05, 0) is 49.1 Å². The predicted molar refractivity (Wildman–Crippen MR) is 114 cm³/mol. The average Bonchev–Trinajstić information content (AvgIpc) is 3.27. The summed E-state index contributed by atoms with van der Waals surface area (Å²) in [6.45, 7) is 5.80. The summed E-state index contributed by atoms with van der Waals surface area (Å²) >= 11 is 0. The Morgan fingerprint density at radius 1 is 1.14 bits per heavy atom. The summed E-state index contributed by atoms with van der Waals surface area (Å²) < 4.78 is 7.19. The van der Waals surface area contributed by atoms with E-state index in [9.17, 15) is 9.90 Å². The maximum absolute atomic E-state index is 11.7. The van der Waals surface area contributed by atoms with E-state index in [1.807, 2.05) is 24.3 Å². The van der Waals surface area contributed by atoms with Gasteiger partial charge in [-0.3, -0.25) is 4.90 Å². The first-order chi connectivity index (χ1) is 14.1. The summed E-state index contributed by atoms with van der Waals surface area (Å²) in [7, 11) is 1.40. The van der Waals surface area contributed by atoms with Crippen molar-refractivity contribution in [1.82, 2.24) is 9.47 Å². The van der Waals surface area contributed by atoms with Gasteiger partial charge >= 0.3 is 5.97 Å². The first kappa shape index (κ1) is 19.7. The highest BCUT2D eigenvalue weighted by molar-refractivity contribution is 5.89. The smallest absolute Gasteiger partial charge is 0.337 e. The topological polar surface area (TPSA) is 54.7 Å². The quantitative estimate of drug-likeness (QED) is 0.654. The number of aromatic nitrogens is 1. The number of aliphatic hydroxyl groups excluding tert-OH is 1. The third kappa shape index (κ3) is 4.07. The third-order valence-electron chi connectivity index (χ3n) is 6.00. The molecular formula is C24H28N2O3. The van der Waals surface area contributed by atoms with Crippen molar-refractivity contribution in [2.24, 2.45) is 0 Å². The van der Waals surface area contributed by atoms with Crippen molar-refractivity contribution in [3.63, 3.8) is 0 Å². The van der Waals surface area contributed by atoms with Crippen molar-refractivity contribution in [2.45, 2.75) is 32.4 Å². The van der Waals surface area contributed by atoms with Crippen molar-refractivity contribution in [3.05, 3.63) is 70.9 Å². The fourth-order valence-corrected chi connectivity index (χ4v) is 4.35. The van der Waals surface area contributed by atoms with Crippen LogP contribution in [0, 0.1) is 6.92 Å². The van der Waals surface area contributed by atoms with E-state index in [4.69, 9.17) is 4.74 Å². The molecule has 2 aromatic carbocycles. The van der Waals surface area contributed by atoms with Crippen molar-refractivity contribution < 1.29 is 14.6 Å². The Labute approximate surface area is 171 Å². The van der Waals surface area contributed by atoms with Gasteiger partial charge < -0.3 is 14.4 Å². The van der Waals surface area contributed by atoms with E-state index < -0.39 is 0 Å². The number of rotatable bonds is 6. The highest BCUT2D eigenvalue weighted by atomic mass is 16.5. The molecule has 1 fully saturated rings. The Morgan fingerprint density at radius 3 is 2.59 bits per heavy atom. The Morgan fingerprint density at radius 2 is 1.90 bits per heavy atom. The molecule has 0 amide bonds. The molecule has 3 aromatic rings. The van der Waals surface area contributed by atoms with Gasteiger partial charge in [-0.15, -0.1) is 0 Å². The molecule has 1 aliphatic rings. The van der Waals surface area contributed by atoms with Crippen LogP contribution in [-0.4, -0.2) is 53.4 Å². The lowest BCUT2D eigenvalue weighted by molar-refractivity contribution is 0.0600. The number of para-hydroxylation sites is 1. The Balaban J connectivity index is 1.59. The molecule has 4 rings (SSSR count). The van der Waals surface area contributed by atoms with Crippen molar-refractivity contribution in [2.75, 3.05) is 26.7 Å². The monoisotopic (exact) mass is 392 g/mol. The number of nitrogens with zero attached hydrogens (tertiary/aromatic N) is 2. The van der Waals surface area contributed by atoms with Gasteiger partial charge in [0.1, 0.15) is 0 Å². The number of carbonyl (C=O) groups excluding carboxylic acids is 1. The second kappa shape index (κ2) is 8.39. The number of carbonyl (C=O) groups is 1. The molecule has 1 aromatic heterocycles. The highest BCUT2D eigenvalue weighted by Crippen LogP contribution is 2.28. The van der Waals surface area contributed by atoms with E-state index in [0.29, 0.717) is 5.56 Å². The normalized spacial score (nSPS) is 17.1. The number of ether oxygens (including phenoxy) is 1. The minimum atomic E-state index is -0.309.